The molecule has 2 bridgehead atoms. The number of piperidine rings is 2. The second kappa shape index (κ2) is 7.27. The second-order valence-corrected chi connectivity index (χ2v) is 7.47. The highest BCUT2D eigenvalue weighted by Crippen LogP contribution is 2.45. The highest BCUT2D eigenvalue weighted by Gasteiger charge is 2.49. The van der Waals surface area contributed by atoms with Crippen molar-refractivity contribution in [3.8, 4) is 0 Å². The summed E-state index contributed by atoms with van der Waals surface area (Å²) in [6.45, 7) is 0.219. The van der Waals surface area contributed by atoms with Gasteiger partial charge in [0.05, 0.1) is 5.60 Å². The summed E-state index contributed by atoms with van der Waals surface area (Å²) in [5.41, 5.74) is -0.147. The van der Waals surface area contributed by atoms with Gasteiger partial charge in [0, 0.05) is 36.7 Å². The number of aromatic nitrogens is 1. The van der Waals surface area contributed by atoms with Gasteiger partial charge >= 0.3 is 6.09 Å². The molecule has 6 heteroatoms. The smallest absolute Gasteiger partial charge is 0.410 e. The van der Waals surface area contributed by atoms with E-state index >= 15 is 0 Å². The van der Waals surface area contributed by atoms with Gasteiger partial charge in [-0.1, -0.05) is 36.4 Å². The predicted molar refractivity (Wildman–Crippen MR) is 97.2 cm³/mol. The number of nitrogens with zero attached hydrogens (tertiary/aromatic N) is 2. The van der Waals surface area contributed by atoms with E-state index in [-0.39, 0.29) is 30.3 Å². The number of carbonyl (C=O) groups is 1. The van der Waals surface area contributed by atoms with Crippen molar-refractivity contribution in [1.29, 1.82) is 0 Å². The highest BCUT2D eigenvalue weighted by molar-refractivity contribution is 5.69. The summed E-state index contributed by atoms with van der Waals surface area (Å²) in [5.74, 6) is -0.641. The Hall–Kier alpha value is -2.47. The van der Waals surface area contributed by atoms with E-state index < -0.39 is 11.5 Å². The van der Waals surface area contributed by atoms with Crippen molar-refractivity contribution < 1.29 is 19.0 Å². The zero-order valence-electron chi connectivity index (χ0n) is 15.1. The molecule has 2 aromatic rings. The zero-order valence-corrected chi connectivity index (χ0v) is 15.1. The van der Waals surface area contributed by atoms with Crippen molar-refractivity contribution in [2.45, 2.75) is 56.4 Å². The maximum absolute atomic E-state index is 14.2. The Morgan fingerprint density at radius 1 is 1.19 bits per heavy atom. The van der Waals surface area contributed by atoms with Crippen LogP contribution in [0, 0.1) is 5.95 Å². The number of fused-ring (bicyclic) bond motifs is 2. The SMILES string of the molecule is O=C(OCc1ccccc1)N1C2CCCC1CC(O)(c1cccnc1F)C2. The molecule has 5 nitrogen and oxygen atoms in total. The Morgan fingerprint density at radius 3 is 2.56 bits per heavy atom. The summed E-state index contributed by atoms with van der Waals surface area (Å²) in [6.07, 6.45) is 4.16. The first-order valence-corrected chi connectivity index (χ1v) is 9.39. The molecule has 0 aliphatic carbocycles. The summed E-state index contributed by atoms with van der Waals surface area (Å²) >= 11 is 0. The van der Waals surface area contributed by atoms with Crippen LogP contribution in [0.2, 0.25) is 0 Å². The van der Waals surface area contributed by atoms with Crippen molar-refractivity contribution in [2.24, 2.45) is 0 Å². The van der Waals surface area contributed by atoms with E-state index in [2.05, 4.69) is 4.98 Å². The number of carbonyl (C=O) groups excluding carboxylic acids is 1. The summed E-state index contributed by atoms with van der Waals surface area (Å²) in [5, 5.41) is 11.2. The highest BCUT2D eigenvalue weighted by atomic mass is 19.1. The molecule has 2 aliphatic rings. The number of hydrogen-bond donors (Lipinski definition) is 1. The van der Waals surface area contributed by atoms with Crippen molar-refractivity contribution in [2.75, 3.05) is 0 Å². The third kappa shape index (κ3) is 3.54. The van der Waals surface area contributed by atoms with Crippen molar-refractivity contribution in [1.82, 2.24) is 9.88 Å². The minimum Gasteiger partial charge on any atom is -0.445 e. The first-order valence-electron chi connectivity index (χ1n) is 9.39. The van der Waals surface area contributed by atoms with Crippen LogP contribution in [0.1, 0.15) is 43.2 Å². The van der Waals surface area contributed by atoms with Gasteiger partial charge < -0.3 is 14.7 Å². The van der Waals surface area contributed by atoms with Crippen LogP contribution in [-0.2, 0) is 16.9 Å². The molecule has 2 atom stereocenters. The maximum Gasteiger partial charge on any atom is 0.410 e. The van der Waals surface area contributed by atoms with Gasteiger partial charge in [0.2, 0.25) is 5.95 Å². The topological polar surface area (TPSA) is 62.7 Å². The van der Waals surface area contributed by atoms with Crippen LogP contribution in [0.4, 0.5) is 9.18 Å². The summed E-state index contributed by atoms with van der Waals surface area (Å²) in [7, 11) is 0. The lowest BCUT2D eigenvalue weighted by molar-refractivity contribution is -0.0914. The maximum atomic E-state index is 14.2. The van der Waals surface area contributed by atoms with Crippen LogP contribution in [0.25, 0.3) is 0 Å². The standard InChI is InChI=1S/C21H23FN2O3/c22-19-18(10-5-11-23-19)21(26)12-16-8-4-9-17(13-21)24(16)20(25)27-14-15-6-2-1-3-7-15/h1-3,5-7,10-11,16-17,26H,4,8-9,12-14H2. The van der Waals surface area contributed by atoms with E-state index in [1.54, 1.807) is 17.0 Å². The molecule has 0 radical (unpaired) electrons. The molecule has 1 aromatic heterocycles. The van der Waals surface area contributed by atoms with E-state index in [0.717, 1.165) is 24.8 Å². The number of hydrogen-bond acceptors (Lipinski definition) is 4. The van der Waals surface area contributed by atoms with Crippen LogP contribution in [0.15, 0.2) is 48.7 Å². The molecule has 1 N–H and O–H groups in total. The first-order chi connectivity index (χ1) is 13.1. The van der Waals surface area contributed by atoms with E-state index in [1.807, 2.05) is 30.3 Å². The summed E-state index contributed by atoms with van der Waals surface area (Å²) < 4.78 is 19.7. The number of ether oxygens (including phenoxy) is 1. The summed E-state index contributed by atoms with van der Waals surface area (Å²) in [4.78, 5) is 18.2. The van der Waals surface area contributed by atoms with Gasteiger partial charge in [-0.05, 0) is 30.9 Å². The molecule has 1 aromatic carbocycles. The molecule has 2 saturated heterocycles. The lowest BCUT2D eigenvalue weighted by atomic mass is 9.73. The molecule has 27 heavy (non-hydrogen) atoms. The lowest BCUT2D eigenvalue weighted by Crippen LogP contribution is -2.59. The normalized spacial score (nSPS) is 27.3. The monoisotopic (exact) mass is 370 g/mol. The van der Waals surface area contributed by atoms with Crippen LogP contribution in [0.3, 0.4) is 0 Å². The number of benzene rings is 1. The third-order valence-electron chi connectivity index (χ3n) is 5.68. The number of pyridine rings is 1. The van der Waals surface area contributed by atoms with Crippen molar-refractivity contribution in [3.63, 3.8) is 0 Å². The molecule has 2 aliphatic heterocycles. The van der Waals surface area contributed by atoms with Crippen LogP contribution < -0.4 is 0 Å². The van der Waals surface area contributed by atoms with E-state index in [9.17, 15) is 14.3 Å². The Bertz CT molecular complexity index is 800. The fourth-order valence-electron chi connectivity index (χ4n) is 4.47. The van der Waals surface area contributed by atoms with Gasteiger partial charge in [-0.2, -0.15) is 4.39 Å². The van der Waals surface area contributed by atoms with Crippen molar-refractivity contribution in [3.05, 3.63) is 65.7 Å². The van der Waals surface area contributed by atoms with E-state index in [4.69, 9.17) is 4.74 Å². The van der Waals surface area contributed by atoms with Crippen LogP contribution in [0.5, 0.6) is 0 Å². The fraction of sp³-hybridized carbons (Fsp3) is 0.429. The minimum absolute atomic E-state index is 0.162. The largest absolute Gasteiger partial charge is 0.445 e. The van der Waals surface area contributed by atoms with Gasteiger partial charge in [-0.15, -0.1) is 0 Å². The fourth-order valence-corrected chi connectivity index (χ4v) is 4.47. The first kappa shape index (κ1) is 17.9. The predicted octanol–water partition coefficient (Wildman–Crippen LogP) is 3.76. The van der Waals surface area contributed by atoms with Gasteiger partial charge in [-0.25, -0.2) is 9.78 Å². The summed E-state index contributed by atoms with van der Waals surface area (Å²) in [6, 6.07) is 12.4. The molecule has 2 unspecified atom stereocenters. The average molecular weight is 370 g/mol. The minimum atomic E-state index is -1.30. The van der Waals surface area contributed by atoms with Gasteiger partial charge in [-0.3, -0.25) is 0 Å². The van der Waals surface area contributed by atoms with Gasteiger partial charge in [0.25, 0.3) is 0 Å². The van der Waals surface area contributed by atoms with Crippen LogP contribution in [-0.4, -0.2) is 33.2 Å². The average Bonchev–Trinajstić information content (AvgIpc) is 2.66. The number of rotatable bonds is 3. The van der Waals surface area contributed by atoms with E-state index in [0.29, 0.717) is 12.8 Å². The number of halogens is 1. The molecule has 3 heterocycles. The Kier molecular flexibility index (Phi) is 4.83. The Balaban J connectivity index is 1.50. The van der Waals surface area contributed by atoms with E-state index in [1.165, 1.54) is 6.20 Å². The molecule has 142 valence electrons. The van der Waals surface area contributed by atoms with Crippen LogP contribution >= 0.6 is 0 Å². The van der Waals surface area contributed by atoms with Gasteiger partial charge in [0.1, 0.15) is 6.61 Å². The Labute approximate surface area is 157 Å². The molecule has 0 saturated carbocycles. The van der Waals surface area contributed by atoms with Crippen molar-refractivity contribution >= 4 is 6.09 Å². The Morgan fingerprint density at radius 2 is 1.89 bits per heavy atom. The lowest BCUT2D eigenvalue weighted by Gasteiger charge is -2.51. The van der Waals surface area contributed by atoms with Gasteiger partial charge in [0.15, 0.2) is 0 Å². The molecule has 0 spiro atoms. The molecular formula is C21H23FN2O3. The molecular weight excluding hydrogens is 347 g/mol. The number of aliphatic hydroxyl groups is 1. The number of amides is 1. The quantitative estimate of drug-likeness (QED) is 0.836. The molecule has 2 fully saturated rings. The second-order valence-electron chi connectivity index (χ2n) is 7.47. The third-order valence-corrected chi connectivity index (χ3v) is 5.68. The zero-order chi connectivity index (χ0) is 18.9. The molecule has 1 amide bonds. The molecule has 4 rings (SSSR count).